The largest absolute Gasteiger partial charge is 0.324 e. The van der Waals surface area contributed by atoms with Crippen molar-refractivity contribution in [1.29, 1.82) is 0 Å². The van der Waals surface area contributed by atoms with E-state index in [1.54, 1.807) is 0 Å². The Kier molecular flexibility index (Phi) is 5.31. The average molecular weight is 256 g/mol. The van der Waals surface area contributed by atoms with Crippen molar-refractivity contribution >= 4 is 8.03 Å². The summed E-state index contributed by atoms with van der Waals surface area (Å²) in [6, 6.07) is 0. The molecule has 3 heteroatoms. The van der Waals surface area contributed by atoms with Gasteiger partial charge in [0, 0.05) is 5.31 Å². The summed E-state index contributed by atoms with van der Waals surface area (Å²) >= 11 is 0. The minimum absolute atomic E-state index is 0.246. The van der Waals surface area contributed by atoms with E-state index in [9.17, 15) is 4.57 Å². The van der Waals surface area contributed by atoms with E-state index in [-0.39, 0.29) is 6.10 Å². The Morgan fingerprint density at radius 1 is 0.941 bits per heavy atom. The maximum absolute atomic E-state index is 12.2. The van der Waals surface area contributed by atoms with E-state index in [0.29, 0.717) is 5.92 Å². The second-order valence-corrected chi connectivity index (χ2v) is 6.98. The molecule has 2 aliphatic carbocycles. The molecule has 98 valence electrons. The molecule has 0 aromatic rings. The third-order valence-corrected chi connectivity index (χ3v) is 5.67. The lowest BCUT2D eigenvalue weighted by atomic mass is 9.89. The number of allylic oxidation sites excluding steroid dienone is 1. The maximum atomic E-state index is 12.2. The molecule has 0 radical (unpaired) electrons. The van der Waals surface area contributed by atoms with E-state index in [1.165, 1.54) is 51.4 Å². The molecule has 0 bridgehead atoms. The van der Waals surface area contributed by atoms with Gasteiger partial charge < -0.3 is 4.52 Å². The molecule has 0 spiro atoms. The highest BCUT2D eigenvalue weighted by Gasteiger charge is 2.23. The fourth-order valence-electron chi connectivity index (χ4n) is 3.03. The van der Waals surface area contributed by atoms with Gasteiger partial charge in [0.2, 0.25) is 8.03 Å². The molecule has 1 unspecified atom stereocenters. The SMILES string of the molecule is C=C(C1CCCCC1)[PH](=O)OC1CCCCC1. The highest BCUT2D eigenvalue weighted by atomic mass is 31.1. The van der Waals surface area contributed by atoms with Gasteiger partial charge in [0.05, 0.1) is 6.10 Å². The molecule has 0 aliphatic heterocycles. The molecule has 0 N–H and O–H groups in total. The van der Waals surface area contributed by atoms with Crippen molar-refractivity contribution < 1.29 is 9.09 Å². The molecule has 17 heavy (non-hydrogen) atoms. The quantitative estimate of drug-likeness (QED) is 0.668. The van der Waals surface area contributed by atoms with Crippen LogP contribution in [0, 0.1) is 5.92 Å². The van der Waals surface area contributed by atoms with Gasteiger partial charge in [-0.2, -0.15) is 0 Å². The van der Waals surface area contributed by atoms with E-state index >= 15 is 0 Å². The van der Waals surface area contributed by atoms with E-state index in [2.05, 4.69) is 6.58 Å². The van der Waals surface area contributed by atoms with Gasteiger partial charge in [-0.1, -0.05) is 45.1 Å². The molecule has 0 amide bonds. The van der Waals surface area contributed by atoms with Gasteiger partial charge in [-0.15, -0.1) is 0 Å². The highest BCUT2D eigenvalue weighted by Crippen LogP contribution is 2.45. The Morgan fingerprint density at radius 2 is 1.47 bits per heavy atom. The van der Waals surface area contributed by atoms with E-state index in [1.807, 2.05) is 0 Å². The van der Waals surface area contributed by atoms with Crippen LogP contribution < -0.4 is 0 Å². The molecule has 0 saturated heterocycles. The van der Waals surface area contributed by atoms with Crippen molar-refractivity contribution in [2.45, 2.75) is 70.3 Å². The van der Waals surface area contributed by atoms with Gasteiger partial charge in [0.1, 0.15) is 0 Å². The molecular weight excluding hydrogens is 231 g/mol. The highest BCUT2D eigenvalue weighted by molar-refractivity contribution is 7.44. The lowest BCUT2D eigenvalue weighted by Gasteiger charge is -2.26. The van der Waals surface area contributed by atoms with Gasteiger partial charge in [0.15, 0.2) is 0 Å². The second-order valence-electron chi connectivity index (χ2n) is 5.53. The van der Waals surface area contributed by atoms with Crippen molar-refractivity contribution in [3.8, 4) is 0 Å². The van der Waals surface area contributed by atoms with Crippen molar-refractivity contribution in [2.24, 2.45) is 5.92 Å². The summed E-state index contributed by atoms with van der Waals surface area (Å²) in [7, 11) is -2.01. The first-order chi connectivity index (χ1) is 8.27. The Labute approximate surface area is 106 Å². The lowest BCUT2D eigenvalue weighted by Crippen LogP contribution is -2.14. The van der Waals surface area contributed by atoms with Crippen LogP contribution in [0.25, 0.3) is 0 Å². The zero-order chi connectivity index (χ0) is 12.1. The average Bonchev–Trinajstić information content (AvgIpc) is 2.40. The van der Waals surface area contributed by atoms with Gasteiger partial charge in [0.25, 0.3) is 0 Å². The van der Waals surface area contributed by atoms with Crippen LogP contribution in [0.5, 0.6) is 0 Å². The lowest BCUT2D eigenvalue weighted by molar-refractivity contribution is 0.166. The van der Waals surface area contributed by atoms with Crippen molar-refractivity contribution in [1.82, 2.24) is 0 Å². The molecule has 2 aliphatic rings. The molecule has 2 fully saturated rings. The Balaban J connectivity index is 1.79. The van der Waals surface area contributed by atoms with E-state index < -0.39 is 8.03 Å². The van der Waals surface area contributed by atoms with Gasteiger partial charge in [-0.25, -0.2) is 0 Å². The molecule has 1 atom stereocenters. The molecule has 2 saturated carbocycles. The molecule has 0 aromatic heterocycles. The fourth-order valence-corrected chi connectivity index (χ4v) is 4.34. The number of rotatable bonds is 4. The van der Waals surface area contributed by atoms with Crippen molar-refractivity contribution in [3.05, 3.63) is 11.9 Å². The first kappa shape index (κ1) is 13.4. The van der Waals surface area contributed by atoms with Crippen LogP contribution in [0.4, 0.5) is 0 Å². The summed E-state index contributed by atoms with van der Waals surface area (Å²) in [5, 5.41) is 0.917. The van der Waals surface area contributed by atoms with Gasteiger partial charge >= 0.3 is 0 Å². The Hall–Kier alpha value is -0.0700. The van der Waals surface area contributed by atoms with Crippen molar-refractivity contribution in [3.63, 3.8) is 0 Å². The third-order valence-electron chi connectivity index (χ3n) is 4.19. The Morgan fingerprint density at radius 3 is 2.06 bits per heavy atom. The van der Waals surface area contributed by atoms with E-state index in [4.69, 9.17) is 4.52 Å². The summed E-state index contributed by atoms with van der Waals surface area (Å²) < 4.78 is 17.9. The smallest absolute Gasteiger partial charge is 0.216 e. The summed E-state index contributed by atoms with van der Waals surface area (Å²) in [5.74, 6) is 0.471. The summed E-state index contributed by atoms with van der Waals surface area (Å²) in [5.41, 5.74) is 0. The fraction of sp³-hybridized carbons (Fsp3) is 0.857. The monoisotopic (exact) mass is 256 g/mol. The van der Waals surface area contributed by atoms with Crippen LogP contribution in [0.15, 0.2) is 11.9 Å². The summed E-state index contributed by atoms with van der Waals surface area (Å²) in [6.07, 6.45) is 12.4. The van der Waals surface area contributed by atoms with Crippen molar-refractivity contribution in [2.75, 3.05) is 0 Å². The maximum Gasteiger partial charge on any atom is 0.216 e. The molecule has 2 rings (SSSR count). The third kappa shape index (κ3) is 3.96. The van der Waals surface area contributed by atoms with E-state index in [0.717, 1.165) is 18.2 Å². The number of hydrogen-bond acceptors (Lipinski definition) is 2. The minimum Gasteiger partial charge on any atom is -0.324 e. The van der Waals surface area contributed by atoms with Gasteiger partial charge in [-0.05, 0) is 31.6 Å². The zero-order valence-electron chi connectivity index (χ0n) is 10.7. The van der Waals surface area contributed by atoms with Crippen LogP contribution in [-0.4, -0.2) is 6.10 Å². The standard InChI is InChI=1S/C14H25O2P/c1-12(13-8-4-2-5-9-13)17(15)16-14-10-6-3-7-11-14/h13-14,17H,1-11H2. The predicted octanol–water partition coefficient (Wildman–Crippen LogP) is 4.90. The second kappa shape index (κ2) is 6.75. The van der Waals surface area contributed by atoms with Crippen LogP contribution in [-0.2, 0) is 9.09 Å². The molecule has 0 heterocycles. The zero-order valence-corrected chi connectivity index (χ0v) is 11.7. The Bertz CT molecular complexity index is 276. The first-order valence-corrected chi connectivity index (χ1v) is 8.49. The summed E-state index contributed by atoms with van der Waals surface area (Å²) in [6.45, 7) is 4.05. The first-order valence-electron chi connectivity index (χ1n) is 7.17. The van der Waals surface area contributed by atoms with Gasteiger partial charge in [-0.3, -0.25) is 4.57 Å². The molecule has 2 nitrogen and oxygen atoms in total. The molecule has 0 aromatic carbocycles. The van der Waals surface area contributed by atoms with Crippen LogP contribution in [0.2, 0.25) is 0 Å². The predicted molar refractivity (Wildman–Crippen MR) is 72.7 cm³/mol. The number of hydrogen-bond donors (Lipinski definition) is 0. The molecular formula is C14H25O2P. The normalized spacial score (nSPS) is 25.6. The van der Waals surface area contributed by atoms with Crippen LogP contribution in [0.1, 0.15) is 64.2 Å². The minimum atomic E-state index is -2.01. The topological polar surface area (TPSA) is 26.3 Å². The van der Waals surface area contributed by atoms with Crippen LogP contribution >= 0.6 is 8.03 Å². The summed E-state index contributed by atoms with van der Waals surface area (Å²) in [4.78, 5) is 0. The van der Waals surface area contributed by atoms with Crippen LogP contribution in [0.3, 0.4) is 0 Å².